The average molecular weight is 357 g/mol. The van der Waals surface area contributed by atoms with Gasteiger partial charge in [-0.05, 0) is 25.3 Å². The molecule has 2 aromatic heterocycles. The summed E-state index contributed by atoms with van der Waals surface area (Å²) in [5.41, 5.74) is 0.861. The number of hydrogen-bond donors (Lipinski definition) is 0. The van der Waals surface area contributed by atoms with E-state index in [0.717, 1.165) is 18.4 Å². The standard InChI is InChI=1S/C18H23N5O3/c1-3-23-16(24)10-14(13-11-19-21(2)12-13)18(23)5-8-22(9-6-18)17(25)15-4-7-20-26-15/h4,7,11-12,14H,3,5-6,8-10H2,1-2H3/t14-/m1/s1. The quantitative estimate of drug-likeness (QED) is 0.829. The van der Waals surface area contributed by atoms with Gasteiger partial charge >= 0.3 is 0 Å². The Hall–Kier alpha value is -2.64. The number of hydrogen-bond acceptors (Lipinski definition) is 5. The molecular formula is C18H23N5O3. The molecule has 2 amide bonds. The van der Waals surface area contributed by atoms with E-state index in [1.807, 2.05) is 31.3 Å². The van der Waals surface area contributed by atoms with Crippen LogP contribution in [0.4, 0.5) is 0 Å². The first-order valence-electron chi connectivity index (χ1n) is 9.04. The summed E-state index contributed by atoms with van der Waals surface area (Å²) in [6.07, 6.45) is 7.37. The van der Waals surface area contributed by atoms with Gasteiger partial charge in [-0.15, -0.1) is 0 Å². The molecule has 8 heteroatoms. The molecule has 0 aromatic carbocycles. The van der Waals surface area contributed by atoms with E-state index in [9.17, 15) is 9.59 Å². The molecule has 2 aromatic rings. The molecule has 8 nitrogen and oxygen atoms in total. The number of likely N-dealkylation sites (N-methyl/N-ethyl adjacent to an activating group) is 1. The SMILES string of the molecule is CCN1C(=O)C[C@H](c2cnn(C)c2)C12CCN(C(=O)c1ccno1)CC2. The third-order valence-electron chi connectivity index (χ3n) is 5.87. The summed E-state index contributed by atoms with van der Waals surface area (Å²) in [5, 5.41) is 7.91. The highest BCUT2D eigenvalue weighted by molar-refractivity contribution is 5.91. The van der Waals surface area contributed by atoms with Crippen LogP contribution < -0.4 is 0 Å². The van der Waals surface area contributed by atoms with Gasteiger partial charge in [0.1, 0.15) is 0 Å². The van der Waals surface area contributed by atoms with E-state index in [2.05, 4.69) is 10.3 Å². The van der Waals surface area contributed by atoms with Gasteiger partial charge in [-0.2, -0.15) is 5.10 Å². The second kappa shape index (κ2) is 6.26. The zero-order valence-corrected chi connectivity index (χ0v) is 15.1. The fourth-order valence-electron chi connectivity index (χ4n) is 4.65. The molecule has 0 unspecified atom stereocenters. The minimum absolute atomic E-state index is 0.117. The largest absolute Gasteiger partial charge is 0.351 e. The van der Waals surface area contributed by atoms with Gasteiger partial charge in [-0.1, -0.05) is 5.16 Å². The van der Waals surface area contributed by atoms with Gasteiger partial charge in [0.25, 0.3) is 5.91 Å². The molecule has 4 heterocycles. The van der Waals surface area contributed by atoms with Gasteiger partial charge in [0.15, 0.2) is 0 Å². The lowest BCUT2D eigenvalue weighted by Crippen LogP contribution is -2.56. The van der Waals surface area contributed by atoms with Crippen molar-refractivity contribution < 1.29 is 14.1 Å². The molecule has 1 spiro atoms. The number of rotatable bonds is 3. The Morgan fingerprint density at radius 2 is 2.15 bits per heavy atom. The molecule has 0 N–H and O–H groups in total. The van der Waals surface area contributed by atoms with Crippen molar-refractivity contribution in [3.05, 3.63) is 36.0 Å². The molecule has 2 saturated heterocycles. The highest BCUT2D eigenvalue weighted by Crippen LogP contribution is 2.48. The third-order valence-corrected chi connectivity index (χ3v) is 5.87. The lowest BCUT2D eigenvalue weighted by atomic mass is 9.74. The molecule has 0 saturated carbocycles. The minimum Gasteiger partial charge on any atom is -0.351 e. The Bertz CT molecular complexity index is 805. The first-order chi connectivity index (χ1) is 12.5. The maximum Gasteiger partial charge on any atom is 0.292 e. The fourth-order valence-corrected chi connectivity index (χ4v) is 4.65. The molecule has 4 rings (SSSR count). The Morgan fingerprint density at radius 1 is 1.38 bits per heavy atom. The van der Waals surface area contributed by atoms with Crippen LogP contribution in [0.3, 0.4) is 0 Å². The molecule has 138 valence electrons. The molecule has 2 aliphatic rings. The van der Waals surface area contributed by atoms with Crippen molar-refractivity contribution in [2.45, 2.75) is 37.6 Å². The number of carbonyl (C=O) groups excluding carboxylic acids is 2. The van der Waals surface area contributed by atoms with Crippen LogP contribution in [-0.2, 0) is 11.8 Å². The van der Waals surface area contributed by atoms with E-state index in [0.29, 0.717) is 26.1 Å². The molecule has 0 radical (unpaired) electrons. The zero-order valence-electron chi connectivity index (χ0n) is 15.1. The lowest BCUT2D eigenvalue weighted by molar-refractivity contribution is -0.132. The van der Waals surface area contributed by atoms with Crippen LogP contribution in [0.15, 0.2) is 29.2 Å². The molecule has 2 aliphatic heterocycles. The summed E-state index contributed by atoms with van der Waals surface area (Å²) >= 11 is 0. The number of piperidine rings is 1. The van der Waals surface area contributed by atoms with Gasteiger partial charge in [0.05, 0.1) is 17.9 Å². The molecule has 2 fully saturated rings. The number of amides is 2. The molecule has 1 atom stereocenters. The Morgan fingerprint density at radius 3 is 2.73 bits per heavy atom. The van der Waals surface area contributed by atoms with Gasteiger partial charge < -0.3 is 14.3 Å². The highest BCUT2D eigenvalue weighted by atomic mass is 16.5. The second-order valence-corrected chi connectivity index (χ2v) is 7.11. The monoisotopic (exact) mass is 357 g/mol. The van der Waals surface area contributed by atoms with Gasteiger partial charge in [-0.3, -0.25) is 14.3 Å². The summed E-state index contributed by atoms with van der Waals surface area (Å²) in [5.74, 6) is 0.435. The zero-order chi connectivity index (χ0) is 18.3. The summed E-state index contributed by atoms with van der Waals surface area (Å²) in [6.45, 7) is 3.91. The maximum absolute atomic E-state index is 12.7. The predicted octanol–water partition coefficient (Wildman–Crippen LogP) is 1.42. The molecule has 0 bridgehead atoms. The van der Waals surface area contributed by atoms with Crippen LogP contribution in [0, 0.1) is 0 Å². The van der Waals surface area contributed by atoms with Crippen molar-refractivity contribution in [2.24, 2.45) is 7.05 Å². The lowest BCUT2D eigenvalue weighted by Gasteiger charge is -2.47. The Balaban J connectivity index is 1.59. The summed E-state index contributed by atoms with van der Waals surface area (Å²) in [6, 6.07) is 1.59. The smallest absolute Gasteiger partial charge is 0.292 e. The third kappa shape index (κ3) is 2.51. The predicted molar refractivity (Wildman–Crippen MR) is 92.3 cm³/mol. The van der Waals surface area contributed by atoms with Gasteiger partial charge in [-0.25, -0.2) is 0 Å². The fraction of sp³-hybridized carbons (Fsp3) is 0.556. The first-order valence-corrected chi connectivity index (χ1v) is 9.04. The van der Waals surface area contributed by atoms with E-state index in [-0.39, 0.29) is 29.0 Å². The van der Waals surface area contributed by atoms with Crippen molar-refractivity contribution in [1.29, 1.82) is 0 Å². The van der Waals surface area contributed by atoms with E-state index >= 15 is 0 Å². The number of likely N-dealkylation sites (tertiary alicyclic amines) is 2. The summed E-state index contributed by atoms with van der Waals surface area (Å²) < 4.78 is 6.78. The number of aromatic nitrogens is 3. The van der Waals surface area contributed by atoms with Crippen LogP contribution in [0.1, 0.15) is 48.2 Å². The van der Waals surface area contributed by atoms with Crippen LogP contribution in [0.5, 0.6) is 0 Å². The van der Waals surface area contributed by atoms with E-state index in [1.54, 1.807) is 15.6 Å². The highest BCUT2D eigenvalue weighted by Gasteiger charge is 2.54. The van der Waals surface area contributed by atoms with Crippen molar-refractivity contribution in [3.63, 3.8) is 0 Å². The number of nitrogens with zero attached hydrogens (tertiary/aromatic N) is 5. The Kier molecular flexibility index (Phi) is 4.05. The average Bonchev–Trinajstić information content (AvgIpc) is 3.36. The normalized spacial score (nSPS) is 22.4. The van der Waals surface area contributed by atoms with E-state index in [1.165, 1.54) is 6.20 Å². The molecular weight excluding hydrogens is 334 g/mol. The second-order valence-electron chi connectivity index (χ2n) is 7.11. The van der Waals surface area contributed by atoms with Crippen LogP contribution in [0.25, 0.3) is 0 Å². The van der Waals surface area contributed by atoms with Gasteiger partial charge in [0.2, 0.25) is 11.7 Å². The number of carbonyl (C=O) groups is 2. The van der Waals surface area contributed by atoms with E-state index in [4.69, 9.17) is 4.52 Å². The first kappa shape index (κ1) is 16.8. The van der Waals surface area contributed by atoms with Crippen LogP contribution in [-0.4, -0.2) is 61.7 Å². The van der Waals surface area contributed by atoms with Crippen molar-refractivity contribution in [2.75, 3.05) is 19.6 Å². The minimum atomic E-state index is -0.243. The Labute approximate surface area is 151 Å². The maximum atomic E-state index is 12.7. The number of aryl methyl sites for hydroxylation is 1. The van der Waals surface area contributed by atoms with Crippen molar-refractivity contribution >= 4 is 11.8 Å². The van der Waals surface area contributed by atoms with Crippen molar-refractivity contribution in [1.82, 2.24) is 24.7 Å². The topological polar surface area (TPSA) is 84.5 Å². The van der Waals surface area contributed by atoms with Crippen molar-refractivity contribution in [3.8, 4) is 0 Å². The summed E-state index contributed by atoms with van der Waals surface area (Å²) in [4.78, 5) is 29.0. The van der Waals surface area contributed by atoms with E-state index < -0.39 is 0 Å². The molecule has 0 aliphatic carbocycles. The summed E-state index contributed by atoms with van der Waals surface area (Å²) in [7, 11) is 1.89. The molecule has 26 heavy (non-hydrogen) atoms. The van der Waals surface area contributed by atoms with Crippen LogP contribution in [0.2, 0.25) is 0 Å². The van der Waals surface area contributed by atoms with Crippen LogP contribution >= 0.6 is 0 Å². The van der Waals surface area contributed by atoms with Gasteiger partial charge in [0, 0.05) is 51.3 Å².